The van der Waals surface area contributed by atoms with Crippen LogP contribution in [0.5, 0.6) is 0 Å². The molecule has 2 aromatic rings. The summed E-state index contributed by atoms with van der Waals surface area (Å²) in [5.41, 5.74) is 3.09. The summed E-state index contributed by atoms with van der Waals surface area (Å²) < 4.78 is 1.07. The summed E-state index contributed by atoms with van der Waals surface area (Å²) in [6.07, 6.45) is 2.23. The van der Waals surface area contributed by atoms with Crippen LogP contribution in [0.25, 0.3) is 0 Å². The van der Waals surface area contributed by atoms with Crippen LogP contribution < -0.4 is 5.32 Å². The fraction of sp³-hybridized carbons (Fsp3) is 0.400. The molecule has 1 aliphatic rings. The van der Waals surface area contributed by atoms with Crippen LogP contribution in [-0.4, -0.2) is 43.8 Å². The number of likely N-dealkylation sites (N-methyl/N-ethyl adjacent to an activating group) is 1. The van der Waals surface area contributed by atoms with Gasteiger partial charge in [-0.1, -0.05) is 60.7 Å². The zero-order valence-corrected chi connectivity index (χ0v) is 13.8. The van der Waals surface area contributed by atoms with E-state index in [4.69, 9.17) is 0 Å². The number of quaternary nitrogens is 1. The van der Waals surface area contributed by atoms with Crippen LogP contribution in [-0.2, 0) is 12.8 Å². The largest absolute Gasteiger partial charge is 0.321 e. The lowest BCUT2D eigenvalue weighted by Gasteiger charge is -2.52. The molecule has 0 bridgehead atoms. The summed E-state index contributed by atoms with van der Waals surface area (Å²) >= 11 is 0. The Hall–Kier alpha value is -1.64. The van der Waals surface area contributed by atoms with E-state index in [0.717, 1.165) is 30.4 Å². The Balaban J connectivity index is 1.94. The number of hydrogen-bond acceptors (Lipinski definition) is 1. The molecule has 1 N–H and O–H groups in total. The lowest BCUT2D eigenvalue weighted by molar-refractivity contribution is -0.944. The molecule has 1 aliphatic heterocycles. The van der Waals surface area contributed by atoms with Crippen molar-refractivity contribution in [2.24, 2.45) is 0 Å². The first-order valence-corrected chi connectivity index (χ1v) is 8.23. The van der Waals surface area contributed by atoms with E-state index in [1.807, 2.05) is 0 Å². The average Bonchev–Trinajstić information content (AvgIpc) is 2.52. The van der Waals surface area contributed by atoms with Gasteiger partial charge in [-0.3, -0.25) is 0 Å². The summed E-state index contributed by atoms with van der Waals surface area (Å²) in [6.45, 7) is 3.36. The van der Waals surface area contributed by atoms with E-state index in [2.05, 4.69) is 80.1 Å². The molecule has 1 fully saturated rings. The molecule has 1 saturated heterocycles. The maximum absolute atomic E-state index is 3.66. The van der Waals surface area contributed by atoms with Crippen LogP contribution in [0.1, 0.15) is 11.1 Å². The second-order valence-corrected chi connectivity index (χ2v) is 7.13. The van der Waals surface area contributed by atoms with Crippen molar-refractivity contribution in [3.05, 3.63) is 71.8 Å². The van der Waals surface area contributed by atoms with E-state index in [1.54, 1.807) is 0 Å². The van der Waals surface area contributed by atoms with Crippen LogP contribution in [0.4, 0.5) is 0 Å². The van der Waals surface area contributed by atoms with Gasteiger partial charge in [0.05, 0.1) is 27.2 Å². The smallest absolute Gasteiger partial charge is 0.120 e. The van der Waals surface area contributed by atoms with Crippen molar-refractivity contribution in [1.82, 2.24) is 5.32 Å². The molecule has 0 radical (unpaired) electrons. The number of nitrogens with zero attached hydrogens (tertiary/aromatic N) is 1. The van der Waals surface area contributed by atoms with E-state index in [9.17, 15) is 0 Å². The monoisotopic (exact) mass is 295 g/mol. The van der Waals surface area contributed by atoms with Gasteiger partial charge in [-0.25, -0.2) is 0 Å². The number of benzene rings is 2. The zero-order chi connectivity index (χ0) is 15.5. The maximum atomic E-state index is 3.66. The Morgan fingerprint density at radius 1 is 0.864 bits per heavy atom. The molecule has 0 spiro atoms. The molecular formula is C20H27N2+. The van der Waals surface area contributed by atoms with E-state index in [0.29, 0.717) is 0 Å². The third-order valence-corrected chi connectivity index (χ3v) is 5.34. The zero-order valence-electron chi connectivity index (χ0n) is 13.8. The number of nitrogens with one attached hydrogen (secondary N) is 1. The van der Waals surface area contributed by atoms with Gasteiger partial charge in [0.1, 0.15) is 5.54 Å². The van der Waals surface area contributed by atoms with Crippen LogP contribution in [0, 0.1) is 0 Å². The van der Waals surface area contributed by atoms with Crippen molar-refractivity contribution >= 4 is 0 Å². The first kappa shape index (κ1) is 15.3. The van der Waals surface area contributed by atoms with Crippen molar-refractivity contribution in [3.63, 3.8) is 0 Å². The second kappa shape index (κ2) is 6.23. The lowest BCUT2D eigenvalue weighted by Crippen LogP contribution is -2.71. The molecule has 0 saturated carbocycles. The van der Waals surface area contributed by atoms with Crippen LogP contribution in [0.15, 0.2) is 60.7 Å². The molecule has 2 heteroatoms. The molecule has 1 heterocycles. The van der Waals surface area contributed by atoms with Crippen LogP contribution in [0.3, 0.4) is 0 Å². The van der Waals surface area contributed by atoms with Gasteiger partial charge in [0, 0.05) is 19.4 Å². The van der Waals surface area contributed by atoms with E-state index in [1.165, 1.54) is 17.7 Å². The number of piperazine rings is 1. The summed E-state index contributed by atoms with van der Waals surface area (Å²) in [7, 11) is 4.79. The Bertz CT molecular complexity index is 548. The summed E-state index contributed by atoms with van der Waals surface area (Å²) in [4.78, 5) is 0. The van der Waals surface area contributed by atoms with E-state index < -0.39 is 0 Å². The van der Waals surface area contributed by atoms with Gasteiger partial charge in [-0.15, -0.1) is 0 Å². The second-order valence-electron chi connectivity index (χ2n) is 7.13. The first-order chi connectivity index (χ1) is 10.6. The predicted molar refractivity (Wildman–Crippen MR) is 92.9 cm³/mol. The normalized spacial score (nSPS) is 19.7. The fourth-order valence-electron chi connectivity index (χ4n) is 3.70. The van der Waals surface area contributed by atoms with Gasteiger partial charge in [0.15, 0.2) is 0 Å². The van der Waals surface area contributed by atoms with Gasteiger partial charge in [-0.2, -0.15) is 0 Å². The highest BCUT2D eigenvalue weighted by atomic mass is 15.4. The molecule has 0 aliphatic carbocycles. The van der Waals surface area contributed by atoms with Crippen molar-refractivity contribution in [3.8, 4) is 0 Å². The minimum Gasteiger partial charge on any atom is -0.321 e. The maximum Gasteiger partial charge on any atom is 0.120 e. The highest BCUT2D eigenvalue weighted by molar-refractivity contribution is 5.22. The predicted octanol–water partition coefficient (Wildman–Crippen LogP) is 2.89. The van der Waals surface area contributed by atoms with Gasteiger partial charge < -0.3 is 9.80 Å². The summed E-state index contributed by atoms with van der Waals surface area (Å²) in [6, 6.07) is 21.9. The van der Waals surface area contributed by atoms with Crippen molar-refractivity contribution in [2.45, 2.75) is 18.4 Å². The Morgan fingerprint density at radius 3 is 1.82 bits per heavy atom. The molecule has 0 amide bonds. The van der Waals surface area contributed by atoms with Crippen molar-refractivity contribution < 1.29 is 4.48 Å². The third kappa shape index (κ3) is 3.08. The molecule has 3 rings (SSSR count). The van der Waals surface area contributed by atoms with Crippen molar-refractivity contribution in [2.75, 3.05) is 33.7 Å². The quantitative estimate of drug-likeness (QED) is 0.855. The lowest BCUT2D eigenvalue weighted by atomic mass is 9.80. The average molecular weight is 295 g/mol. The van der Waals surface area contributed by atoms with Crippen LogP contribution >= 0.6 is 0 Å². The molecule has 0 aromatic heterocycles. The van der Waals surface area contributed by atoms with Crippen LogP contribution in [0.2, 0.25) is 0 Å². The number of hydrogen-bond donors (Lipinski definition) is 1. The van der Waals surface area contributed by atoms with Gasteiger partial charge >= 0.3 is 0 Å². The third-order valence-electron chi connectivity index (χ3n) is 5.34. The Kier molecular flexibility index (Phi) is 4.32. The minimum atomic E-state index is 0.209. The summed E-state index contributed by atoms with van der Waals surface area (Å²) in [5.74, 6) is 0. The molecular weight excluding hydrogens is 268 g/mol. The highest BCUT2D eigenvalue weighted by Gasteiger charge is 2.47. The Labute approximate surface area is 134 Å². The van der Waals surface area contributed by atoms with Gasteiger partial charge in [0.25, 0.3) is 0 Å². The molecule has 116 valence electrons. The molecule has 2 aromatic carbocycles. The molecule has 2 nitrogen and oxygen atoms in total. The van der Waals surface area contributed by atoms with Crippen molar-refractivity contribution in [1.29, 1.82) is 0 Å². The van der Waals surface area contributed by atoms with Gasteiger partial charge in [0.2, 0.25) is 0 Å². The molecule has 0 unspecified atom stereocenters. The minimum absolute atomic E-state index is 0.209. The summed E-state index contributed by atoms with van der Waals surface area (Å²) in [5, 5.41) is 3.66. The SMILES string of the molecule is C[N+]1(C)CCNCC1(Cc1ccccc1)Cc1ccccc1. The first-order valence-electron chi connectivity index (χ1n) is 8.23. The Morgan fingerprint density at radius 2 is 1.36 bits per heavy atom. The topological polar surface area (TPSA) is 12.0 Å². The fourth-order valence-corrected chi connectivity index (χ4v) is 3.70. The van der Waals surface area contributed by atoms with E-state index in [-0.39, 0.29) is 5.54 Å². The molecule has 0 atom stereocenters. The highest BCUT2D eigenvalue weighted by Crippen LogP contribution is 2.31. The molecule has 22 heavy (non-hydrogen) atoms. The van der Waals surface area contributed by atoms with Gasteiger partial charge in [-0.05, 0) is 11.1 Å². The standard InChI is InChI=1S/C20H27N2/c1-22(2)14-13-21-17-20(22,15-18-9-5-3-6-10-18)16-19-11-7-4-8-12-19/h3-12,21H,13-17H2,1-2H3/q+1. The van der Waals surface area contributed by atoms with E-state index >= 15 is 0 Å². The number of rotatable bonds is 4.